The maximum Gasteiger partial charge on any atom is 0.209 e. The average Bonchev–Trinajstić information content (AvgIpc) is 3.16. The molecule has 4 rings (SSSR count). The summed E-state index contributed by atoms with van der Waals surface area (Å²) in [4.78, 5) is 6.90. The highest BCUT2D eigenvalue weighted by Gasteiger charge is 2.36. The number of rotatable bonds is 3. The van der Waals surface area contributed by atoms with Crippen LogP contribution in [0.1, 0.15) is 5.89 Å². The van der Waals surface area contributed by atoms with Crippen molar-refractivity contribution in [3.63, 3.8) is 0 Å². The van der Waals surface area contributed by atoms with Crippen LogP contribution in [0, 0.1) is 11.8 Å². The molecule has 1 aromatic carbocycles. The van der Waals surface area contributed by atoms with Crippen LogP contribution in [0.15, 0.2) is 40.9 Å². The Balaban J connectivity index is 1.44. The Morgan fingerprint density at radius 1 is 1.15 bits per heavy atom. The second-order valence-corrected chi connectivity index (χ2v) is 5.86. The summed E-state index contributed by atoms with van der Waals surface area (Å²) in [5.41, 5.74) is 1.09. The highest BCUT2D eigenvalue weighted by molar-refractivity contribution is 5.55. The minimum Gasteiger partial charge on any atom is -0.439 e. The van der Waals surface area contributed by atoms with E-state index in [9.17, 15) is 0 Å². The van der Waals surface area contributed by atoms with Crippen LogP contribution >= 0.6 is 0 Å². The number of benzene rings is 1. The normalized spacial score (nSPS) is 26.0. The first-order valence-corrected chi connectivity index (χ1v) is 7.32. The Kier molecular flexibility index (Phi) is 3.05. The van der Waals surface area contributed by atoms with Crippen LogP contribution in [0.25, 0.3) is 11.3 Å². The van der Waals surface area contributed by atoms with Crippen molar-refractivity contribution >= 4 is 0 Å². The molecular weight excluding hydrogens is 250 g/mol. The topological polar surface area (TPSA) is 41.3 Å². The van der Waals surface area contributed by atoms with E-state index in [2.05, 4.69) is 27.3 Å². The maximum atomic E-state index is 5.89. The molecule has 4 heteroatoms. The van der Waals surface area contributed by atoms with Gasteiger partial charge in [-0.05, 0) is 24.9 Å². The average molecular weight is 269 g/mol. The molecule has 0 saturated carbocycles. The van der Waals surface area contributed by atoms with Crippen molar-refractivity contribution in [2.75, 3.05) is 26.2 Å². The van der Waals surface area contributed by atoms with Crippen molar-refractivity contribution in [1.29, 1.82) is 0 Å². The fourth-order valence-electron chi connectivity index (χ4n) is 3.39. The van der Waals surface area contributed by atoms with Crippen LogP contribution < -0.4 is 5.32 Å². The predicted molar refractivity (Wildman–Crippen MR) is 77.1 cm³/mol. The van der Waals surface area contributed by atoms with E-state index in [-0.39, 0.29) is 0 Å². The van der Waals surface area contributed by atoms with Gasteiger partial charge in [0.15, 0.2) is 5.76 Å². The molecule has 0 unspecified atom stereocenters. The van der Waals surface area contributed by atoms with Gasteiger partial charge in [-0.1, -0.05) is 30.3 Å². The lowest BCUT2D eigenvalue weighted by Gasteiger charge is -2.14. The van der Waals surface area contributed by atoms with Gasteiger partial charge in [0.1, 0.15) is 0 Å². The third-order valence-electron chi connectivity index (χ3n) is 4.44. The summed E-state index contributed by atoms with van der Waals surface area (Å²) >= 11 is 0. The molecular formula is C16H19N3O. The van der Waals surface area contributed by atoms with Crippen LogP contribution in [0.2, 0.25) is 0 Å². The number of nitrogens with zero attached hydrogens (tertiary/aromatic N) is 2. The van der Waals surface area contributed by atoms with Gasteiger partial charge in [-0.15, -0.1) is 0 Å². The lowest BCUT2D eigenvalue weighted by Crippen LogP contribution is -2.25. The van der Waals surface area contributed by atoms with E-state index >= 15 is 0 Å². The van der Waals surface area contributed by atoms with Gasteiger partial charge in [0, 0.05) is 18.7 Å². The first-order chi connectivity index (χ1) is 9.88. The monoisotopic (exact) mass is 269 g/mol. The quantitative estimate of drug-likeness (QED) is 0.925. The van der Waals surface area contributed by atoms with E-state index in [1.54, 1.807) is 0 Å². The van der Waals surface area contributed by atoms with E-state index in [4.69, 9.17) is 4.42 Å². The molecule has 2 aromatic rings. The zero-order valence-electron chi connectivity index (χ0n) is 11.5. The zero-order chi connectivity index (χ0) is 13.4. The van der Waals surface area contributed by atoms with Gasteiger partial charge < -0.3 is 9.73 Å². The largest absolute Gasteiger partial charge is 0.439 e. The van der Waals surface area contributed by atoms with Crippen LogP contribution in [-0.4, -0.2) is 36.1 Å². The number of fused-ring (bicyclic) bond motifs is 1. The molecule has 3 heterocycles. The van der Waals surface area contributed by atoms with Gasteiger partial charge in [-0.25, -0.2) is 4.98 Å². The van der Waals surface area contributed by atoms with Gasteiger partial charge in [0.25, 0.3) is 0 Å². The minimum atomic E-state index is 0.818. The third kappa shape index (κ3) is 2.25. The molecule has 0 aliphatic carbocycles. The molecule has 1 aromatic heterocycles. The molecule has 0 bridgehead atoms. The summed E-state index contributed by atoms with van der Waals surface area (Å²) in [6.07, 6.45) is 1.84. The van der Waals surface area contributed by atoms with Crippen LogP contribution in [0.3, 0.4) is 0 Å². The van der Waals surface area contributed by atoms with Gasteiger partial charge in [0.2, 0.25) is 5.89 Å². The molecule has 2 saturated heterocycles. The van der Waals surface area contributed by atoms with Crippen molar-refractivity contribution in [3.8, 4) is 11.3 Å². The van der Waals surface area contributed by atoms with E-state index in [0.29, 0.717) is 0 Å². The second-order valence-electron chi connectivity index (χ2n) is 5.86. The summed E-state index contributed by atoms with van der Waals surface area (Å²) in [6.45, 7) is 5.51. The third-order valence-corrected chi connectivity index (χ3v) is 4.44. The number of nitrogens with one attached hydrogen (secondary N) is 1. The maximum absolute atomic E-state index is 5.89. The summed E-state index contributed by atoms with van der Waals surface area (Å²) in [7, 11) is 0. The van der Waals surface area contributed by atoms with Gasteiger partial charge in [-0.3, -0.25) is 4.90 Å². The molecule has 2 atom stereocenters. The fourth-order valence-corrected chi connectivity index (χ4v) is 3.39. The lowest BCUT2D eigenvalue weighted by molar-refractivity contribution is 0.273. The second kappa shape index (κ2) is 5.04. The van der Waals surface area contributed by atoms with Gasteiger partial charge in [0.05, 0.1) is 12.7 Å². The van der Waals surface area contributed by atoms with E-state index in [1.807, 2.05) is 24.4 Å². The molecule has 104 valence electrons. The molecule has 0 amide bonds. The predicted octanol–water partition coefficient (Wildman–Crippen LogP) is 1.99. The van der Waals surface area contributed by atoms with Crippen LogP contribution in [-0.2, 0) is 6.54 Å². The Bertz CT molecular complexity index is 568. The first kappa shape index (κ1) is 12.1. The van der Waals surface area contributed by atoms with Crippen molar-refractivity contribution in [2.24, 2.45) is 11.8 Å². The Morgan fingerprint density at radius 2 is 1.90 bits per heavy atom. The van der Waals surface area contributed by atoms with Gasteiger partial charge >= 0.3 is 0 Å². The van der Waals surface area contributed by atoms with E-state index < -0.39 is 0 Å². The summed E-state index contributed by atoms with van der Waals surface area (Å²) < 4.78 is 5.89. The first-order valence-electron chi connectivity index (χ1n) is 7.32. The summed E-state index contributed by atoms with van der Waals surface area (Å²) in [6, 6.07) is 10.2. The SMILES string of the molecule is c1ccc(-c2cnc(CN3C[C@H]4CNC[C@H]4C3)o2)cc1. The zero-order valence-corrected chi connectivity index (χ0v) is 11.5. The minimum absolute atomic E-state index is 0.818. The smallest absolute Gasteiger partial charge is 0.209 e. The Hall–Kier alpha value is -1.65. The van der Waals surface area contributed by atoms with Crippen molar-refractivity contribution < 1.29 is 4.42 Å². The fraction of sp³-hybridized carbons (Fsp3) is 0.438. The summed E-state index contributed by atoms with van der Waals surface area (Å²) in [5.74, 6) is 3.33. The highest BCUT2D eigenvalue weighted by atomic mass is 16.4. The van der Waals surface area contributed by atoms with Gasteiger partial charge in [-0.2, -0.15) is 0 Å². The molecule has 2 fully saturated rings. The Morgan fingerprint density at radius 3 is 2.65 bits per heavy atom. The van der Waals surface area contributed by atoms with Crippen LogP contribution in [0.5, 0.6) is 0 Å². The molecule has 2 aliphatic heterocycles. The molecule has 20 heavy (non-hydrogen) atoms. The van der Waals surface area contributed by atoms with E-state index in [0.717, 1.165) is 35.6 Å². The number of likely N-dealkylation sites (tertiary alicyclic amines) is 1. The molecule has 2 aliphatic rings. The number of hydrogen-bond acceptors (Lipinski definition) is 4. The van der Waals surface area contributed by atoms with E-state index in [1.165, 1.54) is 26.2 Å². The lowest BCUT2D eigenvalue weighted by atomic mass is 10.0. The molecule has 4 nitrogen and oxygen atoms in total. The van der Waals surface area contributed by atoms with Crippen molar-refractivity contribution in [1.82, 2.24) is 15.2 Å². The van der Waals surface area contributed by atoms with Crippen molar-refractivity contribution in [3.05, 3.63) is 42.4 Å². The Labute approximate surface area is 118 Å². The molecule has 0 spiro atoms. The summed E-state index contributed by atoms with van der Waals surface area (Å²) in [5, 5.41) is 3.47. The number of aromatic nitrogens is 1. The standard InChI is InChI=1S/C16H19N3O/c1-2-4-12(5-3-1)15-8-18-16(20-15)11-19-9-13-6-17-7-14(13)10-19/h1-5,8,13-14,17H,6-7,9-11H2/t13-,14+. The molecule has 1 N–H and O–H groups in total. The highest BCUT2D eigenvalue weighted by Crippen LogP contribution is 2.28. The van der Waals surface area contributed by atoms with Crippen molar-refractivity contribution in [2.45, 2.75) is 6.54 Å². The molecule has 0 radical (unpaired) electrons. The number of oxazole rings is 1. The van der Waals surface area contributed by atoms with Crippen LogP contribution in [0.4, 0.5) is 0 Å². The number of hydrogen-bond donors (Lipinski definition) is 1.